The van der Waals surface area contributed by atoms with E-state index in [1.54, 1.807) is 29.0 Å². The SMILES string of the molecule is Cc1ncsc1C(CO)Cc1ccc(F)cc1. The van der Waals surface area contributed by atoms with Crippen LogP contribution < -0.4 is 0 Å². The quantitative estimate of drug-likeness (QED) is 0.906. The van der Waals surface area contributed by atoms with Gasteiger partial charge in [-0.05, 0) is 31.0 Å². The topological polar surface area (TPSA) is 33.1 Å². The molecule has 4 heteroatoms. The van der Waals surface area contributed by atoms with E-state index >= 15 is 0 Å². The number of aliphatic hydroxyl groups is 1. The normalized spacial score (nSPS) is 12.6. The molecule has 1 atom stereocenters. The molecule has 0 aliphatic rings. The molecule has 0 aliphatic heterocycles. The molecule has 0 saturated heterocycles. The monoisotopic (exact) mass is 251 g/mol. The Morgan fingerprint density at radius 3 is 2.59 bits per heavy atom. The largest absolute Gasteiger partial charge is 0.396 e. The average molecular weight is 251 g/mol. The van der Waals surface area contributed by atoms with Crippen molar-refractivity contribution in [2.45, 2.75) is 19.3 Å². The van der Waals surface area contributed by atoms with Gasteiger partial charge in [0, 0.05) is 10.8 Å². The van der Waals surface area contributed by atoms with Crippen molar-refractivity contribution in [1.29, 1.82) is 0 Å². The van der Waals surface area contributed by atoms with E-state index in [0.717, 1.165) is 16.1 Å². The van der Waals surface area contributed by atoms with Gasteiger partial charge in [-0.25, -0.2) is 9.37 Å². The first-order chi connectivity index (χ1) is 8.20. The third kappa shape index (κ3) is 2.90. The van der Waals surface area contributed by atoms with Gasteiger partial charge in [0.2, 0.25) is 0 Å². The molecule has 0 bridgehead atoms. The summed E-state index contributed by atoms with van der Waals surface area (Å²) in [6.07, 6.45) is 0.708. The van der Waals surface area contributed by atoms with Gasteiger partial charge in [0.1, 0.15) is 5.82 Å². The van der Waals surface area contributed by atoms with Gasteiger partial charge in [0.15, 0.2) is 0 Å². The maximum atomic E-state index is 12.8. The van der Waals surface area contributed by atoms with Crippen molar-refractivity contribution in [3.05, 3.63) is 51.7 Å². The van der Waals surface area contributed by atoms with Crippen molar-refractivity contribution in [1.82, 2.24) is 4.98 Å². The molecule has 0 aliphatic carbocycles. The van der Waals surface area contributed by atoms with Crippen LogP contribution in [-0.2, 0) is 6.42 Å². The van der Waals surface area contributed by atoms with Crippen LogP contribution in [-0.4, -0.2) is 16.7 Å². The molecular formula is C13H14FNOS. The number of aryl methyl sites for hydroxylation is 1. The second kappa shape index (κ2) is 5.38. The highest BCUT2D eigenvalue weighted by Gasteiger charge is 2.15. The van der Waals surface area contributed by atoms with Crippen molar-refractivity contribution in [3.63, 3.8) is 0 Å². The summed E-state index contributed by atoms with van der Waals surface area (Å²) >= 11 is 1.56. The van der Waals surface area contributed by atoms with Crippen molar-refractivity contribution in [2.75, 3.05) is 6.61 Å². The van der Waals surface area contributed by atoms with E-state index in [2.05, 4.69) is 4.98 Å². The molecule has 0 amide bonds. The summed E-state index contributed by atoms with van der Waals surface area (Å²) < 4.78 is 12.8. The molecule has 2 nitrogen and oxygen atoms in total. The summed E-state index contributed by atoms with van der Waals surface area (Å²) in [6, 6.07) is 6.41. The second-order valence-corrected chi connectivity index (χ2v) is 4.90. The minimum absolute atomic E-state index is 0.0490. The van der Waals surface area contributed by atoms with Crippen LogP contribution in [0, 0.1) is 12.7 Å². The summed E-state index contributed by atoms with van der Waals surface area (Å²) in [7, 11) is 0. The van der Waals surface area contributed by atoms with Crippen LogP contribution >= 0.6 is 11.3 Å². The Labute approximate surface area is 104 Å². The number of rotatable bonds is 4. The number of halogens is 1. The highest BCUT2D eigenvalue weighted by atomic mass is 32.1. The van der Waals surface area contributed by atoms with Crippen molar-refractivity contribution >= 4 is 11.3 Å². The minimum atomic E-state index is -0.233. The van der Waals surface area contributed by atoms with Gasteiger partial charge in [-0.3, -0.25) is 0 Å². The van der Waals surface area contributed by atoms with Crippen LogP contribution in [0.4, 0.5) is 4.39 Å². The van der Waals surface area contributed by atoms with E-state index in [4.69, 9.17) is 0 Å². The van der Waals surface area contributed by atoms with Crippen LogP contribution in [0.3, 0.4) is 0 Å². The number of aromatic nitrogens is 1. The summed E-state index contributed by atoms with van der Waals surface area (Å²) in [5, 5.41) is 9.44. The van der Waals surface area contributed by atoms with E-state index in [1.165, 1.54) is 12.1 Å². The first-order valence-electron chi connectivity index (χ1n) is 5.46. The van der Waals surface area contributed by atoms with Crippen molar-refractivity contribution < 1.29 is 9.50 Å². The number of aliphatic hydroxyl groups excluding tert-OH is 1. The van der Waals surface area contributed by atoms with Crippen molar-refractivity contribution in [2.24, 2.45) is 0 Å². The first-order valence-corrected chi connectivity index (χ1v) is 6.34. The maximum Gasteiger partial charge on any atom is 0.123 e. The third-order valence-electron chi connectivity index (χ3n) is 2.77. The molecule has 1 N–H and O–H groups in total. The Hall–Kier alpha value is -1.26. The lowest BCUT2D eigenvalue weighted by Crippen LogP contribution is -2.07. The molecule has 0 spiro atoms. The van der Waals surface area contributed by atoms with E-state index in [1.807, 2.05) is 6.92 Å². The van der Waals surface area contributed by atoms with E-state index < -0.39 is 0 Å². The number of hydrogen-bond acceptors (Lipinski definition) is 3. The first kappa shape index (κ1) is 12.2. The predicted molar refractivity (Wildman–Crippen MR) is 66.8 cm³/mol. The molecule has 0 saturated carbocycles. The fourth-order valence-electron chi connectivity index (χ4n) is 1.85. The number of thiazole rings is 1. The van der Waals surface area contributed by atoms with Gasteiger partial charge in [-0.2, -0.15) is 0 Å². The van der Waals surface area contributed by atoms with Gasteiger partial charge in [0.05, 0.1) is 17.8 Å². The third-order valence-corrected chi connectivity index (χ3v) is 3.86. The Bertz CT molecular complexity index is 480. The zero-order valence-electron chi connectivity index (χ0n) is 9.56. The fraction of sp³-hybridized carbons (Fsp3) is 0.308. The Morgan fingerprint density at radius 2 is 2.06 bits per heavy atom. The highest BCUT2D eigenvalue weighted by molar-refractivity contribution is 7.09. The minimum Gasteiger partial charge on any atom is -0.396 e. The number of nitrogens with zero attached hydrogens (tertiary/aromatic N) is 1. The molecule has 0 fully saturated rings. The van der Waals surface area contributed by atoms with Crippen LogP contribution in [0.1, 0.15) is 22.1 Å². The molecular weight excluding hydrogens is 237 g/mol. The van der Waals surface area contributed by atoms with Gasteiger partial charge < -0.3 is 5.11 Å². The molecule has 0 radical (unpaired) electrons. The van der Waals surface area contributed by atoms with E-state index in [0.29, 0.717) is 6.42 Å². The fourth-order valence-corrected chi connectivity index (χ4v) is 2.75. The zero-order valence-corrected chi connectivity index (χ0v) is 10.4. The molecule has 17 heavy (non-hydrogen) atoms. The van der Waals surface area contributed by atoms with Crippen LogP contribution in [0.25, 0.3) is 0 Å². The average Bonchev–Trinajstić information content (AvgIpc) is 2.75. The Kier molecular flexibility index (Phi) is 3.86. The van der Waals surface area contributed by atoms with Crippen molar-refractivity contribution in [3.8, 4) is 0 Å². The summed E-state index contributed by atoms with van der Waals surface area (Å²) in [5.41, 5.74) is 3.78. The summed E-state index contributed by atoms with van der Waals surface area (Å²) in [4.78, 5) is 5.30. The van der Waals surface area contributed by atoms with Crippen LogP contribution in [0.15, 0.2) is 29.8 Å². The second-order valence-electron chi connectivity index (χ2n) is 4.01. The summed E-state index contributed by atoms with van der Waals surface area (Å²) in [6.45, 7) is 2.03. The summed E-state index contributed by atoms with van der Waals surface area (Å²) in [5.74, 6) is -0.184. The lowest BCUT2D eigenvalue weighted by molar-refractivity contribution is 0.265. The maximum absolute atomic E-state index is 12.8. The highest BCUT2D eigenvalue weighted by Crippen LogP contribution is 2.26. The smallest absolute Gasteiger partial charge is 0.123 e. The van der Waals surface area contributed by atoms with Crippen LogP contribution in [0.2, 0.25) is 0 Å². The Balaban J connectivity index is 2.16. The molecule has 2 aromatic rings. The van der Waals surface area contributed by atoms with Gasteiger partial charge >= 0.3 is 0 Å². The molecule has 1 aromatic heterocycles. The number of hydrogen-bond donors (Lipinski definition) is 1. The van der Waals surface area contributed by atoms with Crippen LogP contribution in [0.5, 0.6) is 0 Å². The zero-order chi connectivity index (χ0) is 12.3. The van der Waals surface area contributed by atoms with Gasteiger partial charge in [0.25, 0.3) is 0 Å². The molecule has 1 aromatic carbocycles. The standard InChI is InChI=1S/C13H14FNOS/c1-9-13(17-8-15-9)11(7-16)6-10-2-4-12(14)5-3-10/h2-5,8,11,16H,6-7H2,1H3. The Morgan fingerprint density at radius 1 is 1.35 bits per heavy atom. The molecule has 2 rings (SSSR count). The van der Waals surface area contributed by atoms with Gasteiger partial charge in [-0.15, -0.1) is 11.3 Å². The van der Waals surface area contributed by atoms with E-state index in [9.17, 15) is 9.50 Å². The lowest BCUT2D eigenvalue weighted by Gasteiger charge is -2.13. The molecule has 90 valence electrons. The number of benzene rings is 1. The molecule has 1 heterocycles. The van der Waals surface area contributed by atoms with Gasteiger partial charge in [-0.1, -0.05) is 12.1 Å². The predicted octanol–water partition coefficient (Wildman–Crippen LogP) is 2.91. The lowest BCUT2D eigenvalue weighted by atomic mass is 9.98. The van der Waals surface area contributed by atoms with E-state index in [-0.39, 0.29) is 18.3 Å². The molecule has 1 unspecified atom stereocenters.